The Balaban J connectivity index is 4.03. The minimum Gasteiger partial charge on any atom is -0.350 e. The molecule has 1 atom stereocenters. The maximum absolute atomic E-state index is 11.5. The summed E-state index contributed by atoms with van der Waals surface area (Å²) in [6, 6.07) is -0.115. The Kier molecular flexibility index (Phi) is 4.99. The maximum Gasteiger partial charge on any atom is 0.237 e. The summed E-state index contributed by atoms with van der Waals surface area (Å²) in [6.45, 7) is 8.08. The van der Waals surface area contributed by atoms with Crippen molar-refractivity contribution in [1.29, 1.82) is 0 Å². The minimum atomic E-state index is -0.115. The second-order valence-electron chi connectivity index (χ2n) is 4.13. The fourth-order valence-corrected chi connectivity index (χ4v) is 1.26. The molecule has 0 aliphatic carbocycles. The Labute approximate surface area is 81.3 Å². The first-order valence-electron chi connectivity index (χ1n) is 4.92. The van der Waals surface area contributed by atoms with Crippen LogP contribution in [0.4, 0.5) is 0 Å². The number of carbonyl (C=O) groups is 1. The first-order chi connectivity index (χ1) is 5.93. The van der Waals surface area contributed by atoms with Gasteiger partial charge in [-0.2, -0.15) is 0 Å². The Morgan fingerprint density at radius 3 is 2.38 bits per heavy atom. The number of nitrogens with one attached hydrogen (secondary N) is 2. The largest absolute Gasteiger partial charge is 0.350 e. The van der Waals surface area contributed by atoms with E-state index in [-0.39, 0.29) is 17.5 Å². The summed E-state index contributed by atoms with van der Waals surface area (Å²) < 4.78 is 0. The Bertz CT molecular complexity index is 166. The SMILES string of the molecule is CCCC(C)(C)NC(=O)C(C)NC. The standard InChI is InChI=1S/C10H22N2O/c1-6-7-10(3,4)12-9(13)8(2)11-5/h8,11H,6-7H2,1-5H3,(H,12,13). The third-order valence-corrected chi connectivity index (χ3v) is 2.16. The summed E-state index contributed by atoms with van der Waals surface area (Å²) >= 11 is 0. The highest BCUT2D eigenvalue weighted by atomic mass is 16.2. The first kappa shape index (κ1) is 12.4. The van der Waals surface area contributed by atoms with Crippen molar-refractivity contribution in [2.75, 3.05) is 7.05 Å². The number of likely N-dealkylation sites (N-methyl/N-ethyl adjacent to an activating group) is 1. The molecule has 1 amide bonds. The molecule has 0 aromatic heterocycles. The number of amides is 1. The number of hydrogen-bond donors (Lipinski definition) is 2. The fourth-order valence-electron chi connectivity index (χ4n) is 1.26. The molecule has 0 heterocycles. The molecular formula is C10H22N2O. The van der Waals surface area contributed by atoms with Crippen molar-refractivity contribution in [3.8, 4) is 0 Å². The topological polar surface area (TPSA) is 41.1 Å². The van der Waals surface area contributed by atoms with Crippen LogP contribution in [0.25, 0.3) is 0 Å². The van der Waals surface area contributed by atoms with Crippen LogP contribution >= 0.6 is 0 Å². The van der Waals surface area contributed by atoms with Gasteiger partial charge in [-0.15, -0.1) is 0 Å². The third-order valence-electron chi connectivity index (χ3n) is 2.16. The van der Waals surface area contributed by atoms with Gasteiger partial charge in [-0.1, -0.05) is 13.3 Å². The Hall–Kier alpha value is -0.570. The molecule has 13 heavy (non-hydrogen) atoms. The van der Waals surface area contributed by atoms with Crippen LogP contribution in [-0.2, 0) is 4.79 Å². The zero-order chi connectivity index (χ0) is 10.5. The van der Waals surface area contributed by atoms with E-state index in [1.165, 1.54) is 0 Å². The van der Waals surface area contributed by atoms with E-state index in [0.29, 0.717) is 0 Å². The van der Waals surface area contributed by atoms with Crippen molar-refractivity contribution < 1.29 is 4.79 Å². The van der Waals surface area contributed by atoms with Crippen molar-refractivity contribution in [2.24, 2.45) is 0 Å². The van der Waals surface area contributed by atoms with Gasteiger partial charge >= 0.3 is 0 Å². The van der Waals surface area contributed by atoms with E-state index >= 15 is 0 Å². The summed E-state index contributed by atoms with van der Waals surface area (Å²) in [5, 5.41) is 5.92. The number of hydrogen-bond acceptors (Lipinski definition) is 2. The molecular weight excluding hydrogens is 164 g/mol. The molecule has 3 heteroatoms. The van der Waals surface area contributed by atoms with Crippen LogP contribution in [0.15, 0.2) is 0 Å². The van der Waals surface area contributed by atoms with Gasteiger partial charge in [0.1, 0.15) is 0 Å². The molecule has 0 bridgehead atoms. The second-order valence-corrected chi connectivity index (χ2v) is 4.13. The van der Waals surface area contributed by atoms with Crippen LogP contribution in [0.1, 0.15) is 40.5 Å². The molecule has 0 aromatic carbocycles. The quantitative estimate of drug-likeness (QED) is 0.679. The highest BCUT2D eigenvalue weighted by Crippen LogP contribution is 2.10. The van der Waals surface area contributed by atoms with Crippen molar-refractivity contribution >= 4 is 5.91 Å². The molecule has 0 spiro atoms. The fraction of sp³-hybridized carbons (Fsp3) is 0.900. The van der Waals surface area contributed by atoms with Crippen LogP contribution in [0, 0.1) is 0 Å². The van der Waals surface area contributed by atoms with Gasteiger partial charge in [0.05, 0.1) is 6.04 Å². The lowest BCUT2D eigenvalue weighted by Gasteiger charge is -2.27. The lowest BCUT2D eigenvalue weighted by Crippen LogP contribution is -2.50. The molecule has 0 fully saturated rings. The zero-order valence-corrected chi connectivity index (χ0v) is 9.40. The van der Waals surface area contributed by atoms with Gasteiger partial charge in [-0.3, -0.25) is 4.79 Å². The van der Waals surface area contributed by atoms with E-state index in [1.54, 1.807) is 7.05 Å². The number of carbonyl (C=O) groups excluding carboxylic acids is 1. The minimum absolute atomic E-state index is 0.0703. The third kappa shape index (κ3) is 4.88. The Morgan fingerprint density at radius 2 is 2.00 bits per heavy atom. The van der Waals surface area contributed by atoms with Gasteiger partial charge in [0.25, 0.3) is 0 Å². The molecule has 2 N–H and O–H groups in total. The molecule has 0 saturated carbocycles. The summed E-state index contributed by atoms with van der Waals surface area (Å²) in [7, 11) is 1.79. The molecule has 0 rings (SSSR count). The van der Waals surface area contributed by atoms with Gasteiger partial charge in [-0.05, 0) is 34.2 Å². The van der Waals surface area contributed by atoms with Crippen LogP contribution in [-0.4, -0.2) is 24.5 Å². The van der Waals surface area contributed by atoms with E-state index in [1.807, 2.05) is 6.92 Å². The van der Waals surface area contributed by atoms with Gasteiger partial charge in [0.15, 0.2) is 0 Å². The van der Waals surface area contributed by atoms with Gasteiger partial charge < -0.3 is 10.6 Å². The summed E-state index contributed by atoms with van der Waals surface area (Å²) in [4.78, 5) is 11.5. The monoisotopic (exact) mass is 186 g/mol. The van der Waals surface area contributed by atoms with Crippen LogP contribution in [0.5, 0.6) is 0 Å². The van der Waals surface area contributed by atoms with Gasteiger partial charge in [0.2, 0.25) is 5.91 Å². The second kappa shape index (κ2) is 5.22. The van der Waals surface area contributed by atoms with E-state index < -0.39 is 0 Å². The van der Waals surface area contributed by atoms with Crippen molar-refractivity contribution in [3.63, 3.8) is 0 Å². The average Bonchev–Trinajstić information content (AvgIpc) is 2.01. The van der Waals surface area contributed by atoms with Crippen molar-refractivity contribution in [3.05, 3.63) is 0 Å². The summed E-state index contributed by atoms with van der Waals surface area (Å²) in [5.74, 6) is 0.0703. The van der Waals surface area contributed by atoms with E-state index in [0.717, 1.165) is 12.8 Å². The van der Waals surface area contributed by atoms with Crippen LogP contribution in [0.3, 0.4) is 0 Å². The molecule has 0 aliphatic rings. The molecule has 3 nitrogen and oxygen atoms in total. The van der Waals surface area contributed by atoms with E-state index in [2.05, 4.69) is 31.4 Å². The lowest BCUT2D eigenvalue weighted by atomic mass is 9.98. The molecule has 0 aliphatic heterocycles. The highest BCUT2D eigenvalue weighted by Gasteiger charge is 2.21. The first-order valence-corrected chi connectivity index (χ1v) is 4.92. The zero-order valence-electron chi connectivity index (χ0n) is 9.40. The molecule has 0 radical (unpaired) electrons. The highest BCUT2D eigenvalue weighted by molar-refractivity contribution is 5.81. The van der Waals surface area contributed by atoms with Crippen molar-refractivity contribution in [1.82, 2.24) is 10.6 Å². The maximum atomic E-state index is 11.5. The van der Waals surface area contributed by atoms with E-state index in [9.17, 15) is 4.79 Å². The molecule has 1 unspecified atom stereocenters. The van der Waals surface area contributed by atoms with Crippen LogP contribution in [0.2, 0.25) is 0 Å². The van der Waals surface area contributed by atoms with Gasteiger partial charge in [-0.25, -0.2) is 0 Å². The smallest absolute Gasteiger partial charge is 0.237 e. The molecule has 78 valence electrons. The lowest BCUT2D eigenvalue weighted by molar-refractivity contribution is -0.124. The predicted octanol–water partition coefficient (Wildman–Crippen LogP) is 1.29. The molecule has 0 aromatic rings. The predicted molar refractivity (Wildman–Crippen MR) is 55.7 cm³/mol. The van der Waals surface area contributed by atoms with Crippen molar-refractivity contribution in [2.45, 2.75) is 52.1 Å². The summed E-state index contributed by atoms with van der Waals surface area (Å²) in [6.07, 6.45) is 2.09. The summed E-state index contributed by atoms with van der Waals surface area (Å²) in [5.41, 5.74) is -0.0864. The van der Waals surface area contributed by atoms with Gasteiger partial charge in [0, 0.05) is 5.54 Å². The normalized spacial score (nSPS) is 13.9. The van der Waals surface area contributed by atoms with E-state index in [4.69, 9.17) is 0 Å². The average molecular weight is 186 g/mol. The number of rotatable bonds is 5. The molecule has 0 saturated heterocycles. The Morgan fingerprint density at radius 1 is 1.46 bits per heavy atom. The van der Waals surface area contributed by atoms with Crippen LogP contribution < -0.4 is 10.6 Å².